The third-order valence-corrected chi connectivity index (χ3v) is 8.49. The molecule has 0 unspecified atom stereocenters. The summed E-state index contributed by atoms with van der Waals surface area (Å²) < 4.78 is 27.0. The minimum atomic E-state index is -3.42. The molecule has 0 saturated carbocycles. The first-order valence-electron chi connectivity index (χ1n) is 11.5. The van der Waals surface area contributed by atoms with Gasteiger partial charge in [0, 0.05) is 32.1 Å². The number of likely N-dealkylation sites (tertiary alicyclic amines) is 1. The number of piperidine rings is 1. The Balaban J connectivity index is 1.36. The minimum Gasteiger partial charge on any atom is -0.356 e. The molecule has 3 rings (SSSR count). The van der Waals surface area contributed by atoms with Gasteiger partial charge in [0.15, 0.2) is 0 Å². The summed E-state index contributed by atoms with van der Waals surface area (Å²) in [5.74, 6) is 0.359. The molecule has 0 radical (unpaired) electrons. The van der Waals surface area contributed by atoms with Gasteiger partial charge in [-0.25, -0.2) is 8.42 Å². The average Bonchev–Trinajstić information content (AvgIpc) is 3.04. The molecule has 2 saturated heterocycles. The van der Waals surface area contributed by atoms with Gasteiger partial charge in [-0.3, -0.25) is 4.79 Å². The maximum Gasteiger partial charge on any atom is 0.243 e. The highest BCUT2D eigenvalue weighted by molar-refractivity contribution is 7.89. The maximum absolute atomic E-state index is 12.7. The quantitative estimate of drug-likeness (QED) is 0.681. The summed E-state index contributed by atoms with van der Waals surface area (Å²) in [7, 11) is -3.42. The molecule has 2 heterocycles. The van der Waals surface area contributed by atoms with E-state index >= 15 is 0 Å². The molecule has 0 spiro atoms. The molecule has 1 atom stereocenters. The second-order valence-corrected chi connectivity index (χ2v) is 10.7. The number of carbonyl (C=O) groups is 1. The summed E-state index contributed by atoms with van der Waals surface area (Å²) in [6.45, 7) is 6.32. The number of nitrogens with one attached hydrogen (secondary N) is 1. The first kappa shape index (κ1) is 23.2. The first-order chi connectivity index (χ1) is 14.5. The van der Waals surface area contributed by atoms with Crippen LogP contribution in [0.2, 0.25) is 0 Å². The van der Waals surface area contributed by atoms with Gasteiger partial charge in [0.1, 0.15) is 0 Å². The van der Waals surface area contributed by atoms with Crippen LogP contribution < -0.4 is 5.32 Å². The minimum absolute atomic E-state index is 0.0995. The standard InChI is InChI=1S/C23H37N3O3S/c1-20(25-15-7-2-3-8-16-25)11-14-24-23(27)19-21-12-17-26(18-13-21)30(28,29)22-9-5-4-6-10-22/h4-6,9-10,20-21H,2-3,7-8,11-19H2,1H3,(H,24,27)/t20-/m0/s1. The van der Waals surface area contributed by atoms with Crippen molar-refractivity contribution in [2.24, 2.45) is 5.92 Å². The highest BCUT2D eigenvalue weighted by Crippen LogP contribution is 2.25. The second kappa shape index (κ2) is 11.3. The van der Waals surface area contributed by atoms with Gasteiger partial charge in [0.2, 0.25) is 15.9 Å². The van der Waals surface area contributed by atoms with E-state index in [-0.39, 0.29) is 11.8 Å². The molecule has 1 aromatic carbocycles. The van der Waals surface area contributed by atoms with E-state index in [9.17, 15) is 13.2 Å². The van der Waals surface area contributed by atoms with Crippen LogP contribution in [0.25, 0.3) is 0 Å². The molecule has 1 aromatic rings. The van der Waals surface area contributed by atoms with Crippen molar-refractivity contribution in [3.8, 4) is 0 Å². The highest BCUT2D eigenvalue weighted by atomic mass is 32.2. The summed E-state index contributed by atoms with van der Waals surface area (Å²) in [6, 6.07) is 9.10. The lowest BCUT2D eigenvalue weighted by atomic mass is 9.94. The molecule has 0 bridgehead atoms. The number of sulfonamides is 1. The van der Waals surface area contributed by atoms with Gasteiger partial charge in [-0.15, -0.1) is 0 Å². The molecule has 6 nitrogen and oxygen atoms in total. The normalized spacial score (nSPS) is 21.1. The Morgan fingerprint density at radius 1 is 1.03 bits per heavy atom. The SMILES string of the molecule is C[C@@H](CCNC(=O)CC1CCN(S(=O)(=O)c2ccccc2)CC1)N1CCCCCC1. The van der Waals surface area contributed by atoms with Gasteiger partial charge in [-0.1, -0.05) is 31.0 Å². The van der Waals surface area contributed by atoms with Crippen molar-refractivity contribution < 1.29 is 13.2 Å². The molecular formula is C23H37N3O3S. The molecule has 2 fully saturated rings. The zero-order valence-electron chi connectivity index (χ0n) is 18.3. The summed E-state index contributed by atoms with van der Waals surface area (Å²) in [5, 5.41) is 3.09. The molecule has 7 heteroatoms. The molecule has 2 aliphatic heterocycles. The fraction of sp³-hybridized carbons (Fsp3) is 0.696. The summed E-state index contributed by atoms with van der Waals surface area (Å²) >= 11 is 0. The second-order valence-electron chi connectivity index (χ2n) is 8.80. The van der Waals surface area contributed by atoms with Crippen molar-refractivity contribution in [1.29, 1.82) is 0 Å². The van der Waals surface area contributed by atoms with Crippen molar-refractivity contribution >= 4 is 15.9 Å². The van der Waals surface area contributed by atoms with Crippen LogP contribution >= 0.6 is 0 Å². The summed E-state index contributed by atoms with van der Waals surface area (Å²) in [4.78, 5) is 15.3. The summed E-state index contributed by atoms with van der Waals surface area (Å²) in [6.07, 6.45) is 8.21. The summed E-state index contributed by atoms with van der Waals surface area (Å²) in [5.41, 5.74) is 0. The van der Waals surface area contributed by atoms with E-state index in [0.717, 1.165) is 25.8 Å². The van der Waals surface area contributed by atoms with E-state index in [1.165, 1.54) is 38.8 Å². The van der Waals surface area contributed by atoms with Crippen molar-refractivity contribution in [1.82, 2.24) is 14.5 Å². The molecule has 1 N–H and O–H groups in total. The molecule has 168 valence electrons. The van der Waals surface area contributed by atoms with Crippen LogP contribution in [0.3, 0.4) is 0 Å². The lowest BCUT2D eigenvalue weighted by Gasteiger charge is -2.31. The molecule has 1 amide bonds. The van der Waals surface area contributed by atoms with Crippen LogP contribution in [-0.2, 0) is 14.8 Å². The number of amides is 1. The first-order valence-corrected chi connectivity index (χ1v) is 13.0. The third-order valence-electron chi connectivity index (χ3n) is 6.58. The third kappa shape index (κ3) is 6.53. The zero-order chi connectivity index (χ0) is 21.4. The van der Waals surface area contributed by atoms with E-state index in [4.69, 9.17) is 0 Å². The van der Waals surface area contributed by atoms with Crippen LogP contribution in [-0.4, -0.2) is 62.3 Å². The predicted octanol–water partition coefficient (Wildman–Crippen LogP) is 3.25. The average molecular weight is 436 g/mol. The van der Waals surface area contributed by atoms with E-state index < -0.39 is 10.0 Å². The number of rotatable bonds is 8. The van der Waals surface area contributed by atoms with Gasteiger partial charge in [0.25, 0.3) is 0 Å². The lowest BCUT2D eigenvalue weighted by molar-refractivity contribution is -0.122. The van der Waals surface area contributed by atoms with Crippen molar-refractivity contribution in [3.05, 3.63) is 30.3 Å². The van der Waals surface area contributed by atoms with Crippen molar-refractivity contribution in [2.75, 3.05) is 32.7 Å². The molecule has 0 aliphatic carbocycles. The number of carbonyl (C=O) groups excluding carboxylic acids is 1. The van der Waals surface area contributed by atoms with E-state index in [1.54, 1.807) is 28.6 Å². The van der Waals surface area contributed by atoms with Gasteiger partial charge >= 0.3 is 0 Å². The zero-order valence-corrected chi connectivity index (χ0v) is 19.1. The number of nitrogens with zero attached hydrogens (tertiary/aromatic N) is 2. The van der Waals surface area contributed by atoms with Crippen molar-refractivity contribution in [3.63, 3.8) is 0 Å². The van der Waals surface area contributed by atoms with Crippen LogP contribution in [0.15, 0.2) is 35.2 Å². The molecular weight excluding hydrogens is 398 g/mol. The van der Waals surface area contributed by atoms with Crippen LogP contribution in [0.1, 0.15) is 58.3 Å². The number of hydrogen-bond donors (Lipinski definition) is 1. The number of benzene rings is 1. The Hall–Kier alpha value is -1.44. The van der Waals surface area contributed by atoms with Crippen LogP contribution in [0.5, 0.6) is 0 Å². The predicted molar refractivity (Wildman–Crippen MR) is 120 cm³/mol. The van der Waals surface area contributed by atoms with Crippen molar-refractivity contribution in [2.45, 2.75) is 69.2 Å². The fourth-order valence-electron chi connectivity index (χ4n) is 4.57. The van der Waals surface area contributed by atoms with Gasteiger partial charge in [0.05, 0.1) is 4.90 Å². The lowest BCUT2D eigenvalue weighted by Crippen LogP contribution is -2.40. The fourth-order valence-corrected chi connectivity index (χ4v) is 6.06. The highest BCUT2D eigenvalue weighted by Gasteiger charge is 2.30. The van der Waals surface area contributed by atoms with E-state index in [1.807, 2.05) is 6.07 Å². The van der Waals surface area contributed by atoms with Crippen LogP contribution in [0, 0.1) is 5.92 Å². The topological polar surface area (TPSA) is 69.7 Å². The Morgan fingerprint density at radius 2 is 1.67 bits per heavy atom. The smallest absolute Gasteiger partial charge is 0.243 e. The Kier molecular flexibility index (Phi) is 8.72. The number of hydrogen-bond acceptors (Lipinski definition) is 4. The monoisotopic (exact) mass is 435 g/mol. The van der Waals surface area contributed by atoms with E-state index in [2.05, 4.69) is 17.1 Å². The molecule has 0 aromatic heterocycles. The maximum atomic E-state index is 12.7. The van der Waals surface area contributed by atoms with Gasteiger partial charge in [-0.05, 0) is 70.2 Å². The Labute approximate surface area is 182 Å². The Morgan fingerprint density at radius 3 is 2.30 bits per heavy atom. The Bertz CT molecular complexity index is 753. The van der Waals surface area contributed by atoms with Crippen LogP contribution in [0.4, 0.5) is 0 Å². The largest absolute Gasteiger partial charge is 0.356 e. The molecule has 30 heavy (non-hydrogen) atoms. The van der Waals surface area contributed by atoms with E-state index in [0.29, 0.717) is 30.4 Å². The van der Waals surface area contributed by atoms with Gasteiger partial charge in [-0.2, -0.15) is 4.31 Å². The van der Waals surface area contributed by atoms with Gasteiger partial charge < -0.3 is 10.2 Å². The molecule has 2 aliphatic rings.